The quantitative estimate of drug-likeness (QED) is 0.728. The highest BCUT2D eigenvalue weighted by molar-refractivity contribution is 9.10. The molecule has 0 radical (unpaired) electrons. The smallest absolute Gasteiger partial charge is 0.325 e. The Bertz CT molecular complexity index is 502. The Morgan fingerprint density at radius 3 is 2.15 bits per heavy atom. The Morgan fingerprint density at radius 2 is 1.70 bits per heavy atom. The van der Waals surface area contributed by atoms with E-state index in [0.29, 0.717) is 4.47 Å². The van der Waals surface area contributed by atoms with Crippen LogP contribution in [0.1, 0.15) is 10.4 Å². The minimum absolute atomic E-state index is 0.243. The van der Waals surface area contributed by atoms with Gasteiger partial charge in [-0.3, -0.25) is 19.4 Å². The van der Waals surface area contributed by atoms with Crippen molar-refractivity contribution in [3.05, 3.63) is 28.5 Å². The molecule has 20 heavy (non-hydrogen) atoms. The number of amides is 1. The normalized spacial score (nSPS) is 9.75. The topological polar surface area (TPSA) is 85.8 Å². The number of pyridine rings is 1. The summed E-state index contributed by atoms with van der Waals surface area (Å²) in [7, 11) is 2.40. The summed E-state index contributed by atoms with van der Waals surface area (Å²) < 4.78 is 9.60. The molecule has 0 atom stereocenters. The molecule has 1 aromatic heterocycles. The number of hydrogen-bond donors (Lipinski definition) is 0. The van der Waals surface area contributed by atoms with Crippen molar-refractivity contribution in [3.8, 4) is 0 Å². The van der Waals surface area contributed by atoms with Crippen molar-refractivity contribution in [2.45, 2.75) is 0 Å². The molecule has 0 bridgehead atoms. The predicted molar refractivity (Wildman–Crippen MR) is 71.9 cm³/mol. The first kappa shape index (κ1) is 16.1. The van der Waals surface area contributed by atoms with Crippen LogP contribution in [0.5, 0.6) is 0 Å². The number of carbonyl (C=O) groups excluding carboxylic acids is 3. The van der Waals surface area contributed by atoms with Crippen LogP contribution < -0.4 is 0 Å². The third-order valence-corrected chi connectivity index (χ3v) is 2.77. The molecule has 1 heterocycles. The minimum Gasteiger partial charge on any atom is -0.468 e. The number of carbonyl (C=O) groups is 3. The number of halogens is 1. The molecule has 0 saturated heterocycles. The number of esters is 2. The maximum Gasteiger partial charge on any atom is 0.325 e. The van der Waals surface area contributed by atoms with Gasteiger partial charge in [-0.25, -0.2) is 0 Å². The molecule has 0 aliphatic rings. The summed E-state index contributed by atoms with van der Waals surface area (Å²) in [5.41, 5.74) is 0.243. The zero-order valence-corrected chi connectivity index (χ0v) is 12.5. The van der Waals surface area contributed by atoms with Crippen molar-refractivity contribution in [1.82, 2.24) is 9.88 Å². The van der Waals surface area contributed by atoms with Crippen LogP contribution in [0.2, 0.25) is 0 Å². The Hall–Kier alpha value is -1.96. The van der Waals surface area contributed by atoms with E-state index in [9.17, 15) is 14.4 Å². The molecule has 0 aliphatic carbocycles. The highest BCUT2D eigenvalue weighted by Gasteiger charge is 2.22. The summed E-state index contributed by atoms with van der Waals surface area (Å²) in [6.07, 6.45) is 2.86. The Labute approximate surface area is 124 Å². The van der Waals surface area contributed by atoms with Gasteiger partial charge in [0, 0.05) is 16.9 Å². The summed E-state index contributed by atoms with van der Waals surface area (Å²) in [5.74, 6) is -1.79. The summed E-state index contributed by atoms with van der Waals surface area (Å²) in [5, 5.41) is 0. The first-order chi connectivity index (χ1) is 9.47. The molecular weight excluding hydrogens is 332 g/mol. The van der Waals surface area contributed by atoms with Gasteiger partial charge >= 0.3 is 11.9 Å². The van der Waals surface area contributed by atoms with E-state index in [1.54, 1.807) is 0 Å². The average molecular weight is 345 g/mol. The lowest BCUT2D eigenvalue weighted by Crippen LogP contribution is -2.40. The van der Waals surface area contributed by atoms with E-state index in [1.165, 1.54) is 32.7 Å². The van der Waals surface area contributed by atoms with Crippen LogP contribution in [-0.2, 0) is 19.1 Å². The Kier molecular flexibility index (Phi) is 6.10. The second-order valence-corrected chi connectivity index (χ2v) is 4.62. The fourth-order valence-electron chi connectivity index (χ4n) is 1.35. The van der Waals surface area contributed by atoms with Gasteiger partial charge in [-0.05, 0) is 22.0 Å². The van der Waals surface area contributed by atoms with Crippen molar-refractivity contribution in [1.29, 1.82) is 0 Å². The second-order valence-electron chi connectivity index (χ2n) is 3.71. The van der Waals surface area contributed by atoms with Gasteiger partial charge in [-0.15, -0.1) is 0 Å². The molecule has 0 spiro atoms. The van der Waals surface area contributed by atoms with Crippen LogP contribution in [0.4, 0.5) is 0 Å². The van der Waals surface area contributed by atoms with Crippen LogP contribution in [0.25, 0.3) is 0 Å². The molecule has 1 rings (SSSR count). The summed E-state index contributed by atoms with van der Waals surface area (Å²) in [6.45, 7) is -0.701. The average Bonchev–Trinajstić information content (AvgIpc) is 2.45. The zero-order valence-electron chi connectivity index (χ0n) is 11.0. The number of ether oxygens (including phenoxy) is 2. The monoisotopic (exact) mass is 344 g/mol. The van der Waals surface area contributed by atoms with E-state index in [-0.39, 0.29) is 18.7 Å². The molecule has 8 heteroatoms. The number of nitrogens with zero attached hydrogens (tertiary/aromatic N) is 2. The maximum absolute atomic E-state index is 12.2. The van der Waals surface area contributed by atoms with Crippen LogP contribution in [-0.4, -0.2) is 55.0 Å². The van der Waals surface area contributed by atoms with Gasteiger partial charge in [-0.2, -0.15) is 0 Å². The Balaban J connectivity index is 2.93. The van der Waals surface area contributed by atoms with E-state index in [2.05, 4.69) is 30.4 Å². The van der Waals surface area contributed by atoms with Crippen LogP contribution >= 0.6 is 15.9 Å². The second kappa shape index (κ2) is 7.59. The summed E-state index contributed by atoms with van der Waals surface area (Å²) in [6, 6.07) is 1.54. The molecule has 0 saturated carbocycles. The van der Waals surface area contributed by atoms with Gasteiger partial charge in [0.1, 0.15) is 13.1 Å². The molecule has 0 aromatic carbocycles. The third kappa shape index (κ3) is 4.61. The van der Waals surface area contributed by atoms with Crippen LogP contribution in [0.15, 0.2) is 22.9 Å². The van der Waals surface area contributed by atoms with E-state index < -0.39 is 17.8 Å². The molecule has 0 N–H and O–H groups in total. The molecule has 0 fully saturated rings. The third-order valence-electron chi connectivity index (χ3n) is 2.33. The van der Waals surface area contributed by atoms with E-state index in [0.717, 1.165) is 4.90 Å². The first-order valence-corrected chi connectivity index (χ1v) is 6.30. The van der Waals surface area contributed by atoms with Gasteiger partial charge in [0.15, 0.2) is 0 Å². The van der Waals surface area contributed by atoms with Crippen molar-refractivity contribution in [3.63, 3.8) is 0 Å². The zero-order chi connectivity index (χ0) is 15.1. The highest BCUT2D eigenvalue weighted by Crippen LogP contribution is 2.12. The van der Waals surface area contributed by atoms with E-state index in [1.807, 2.05) is 0 Å². The molecule has 0 aliphatic heterocycles. The molecule has 1 amide bonds. The molecule has 7 nitrogen and oxygen atoms in total. The van der Waals surface area contributed by atoms with Gasteiger partial charge in [0.2, 0.25) is 0 Å². The van der Waals surface area contributed by atoms with Gasteiger partial charge < -0.3 is 14.4 Å². The standard InChI is InChI=1S/C12H13BrN2O5/c1-19-10(16)6-15(7-11(17)20-2)12(18)8-3-9(13)5-14-4-8/h3-5H,6-7H2,1-2H3. The Morgan fingerprint density at radius 1 is 1.15 bits per heavy atom. The predicted octanol–water partition coefficient (Wildman–Crippen LogP) is 0.632. The minimum atomic E-state index is -0.634. The maximum atomic E-state index is 12.2. The molecular formula is C12H13BrN2O5. The van der Waals surface area contributed by atoms with Crippen molar-refractivity contribution < 1.29 is 23.9 Å². The summed E-state index contributed by atoms with van der Waals surface area (Å²) >= 11 is 3.19. The summed E-state index contributed by atoms with van der Waals surface area (Å²) in [4.78, 5) is 39.7. The number of hydrogen-bond acceptors (Lipinski definition) is 6. The number of rotatable bonds is 5. The lowest BCUT2D eigenvalue weighted by atomic mass is 10.2. The van der Waals surface area contributed by atoms with Crippen LogP contribution in [0.3, 0.4) is 0 Å². The molecule has 108 valence electrons. The van der Waals surface area contributed by atoms with Crippen molar-refractivity contribution in [2.75, 3.05) is 27.3 Å². The van der Waals surface area contributed by atoms with Gasteiger partial charge in [0.05, 0.1) is 19.8 Å². The largest absolute Gasteiger partial charge is 0.468 e. The van der Waals surface area contributed by atoms with Crippen molar-refractivity contribution >= 4 is 33.8 Å². The lowest BCUT2D eigenvalue weighted by Gasteiger charge is -2.20. The number of methoxy groups -OCH3 is 2. The van der Waals surface area contributed by atoms with E-state index in [4.69, 9.17) is 0 Å². The van der Waals surface area contributed by atoms with Crippen LogP contribution in [0, 0.1) is 0 Å². The highest BCUT2D eigenvalue weighted by atomic mass is 79.9. The lowest BCUT2D eigenvalue weighted by molar-refractivity contribution is -0.144. The molecule has 0 unspecified atom stereocenters. The number of aromatic nitrogens is 1. The molecule has 1 aromatic rings. The van der Waals surface area contributed by atoms with Crippen molar-refractivity contribution in [2.24, 2.45) is 0 Å². The SMILES string of the molecule is COC(=O)CN(CC(=O)OC)C(=O)c1cncc(Br)c1. The fourth-order valence-corrected chi connectivity index (χ4v) is 1.72. The van der Waals surface area contributed by atoms with Gasteiger partial charge in [-0.1, -0.05) is 0 Å². The first-order valence-electron chi connectivity index (χ1n) is 5.51. The van der Waals surface area contributed by atoms with Gasteiger partial charge in [0.25, 0.3) is 5.91 Å². The fraction of sp³-hybridized carbons (Fsp3) is 0.333. The van der Waals surface area contributed by atoms with E-state index >= 15 is 0 Å².